The van der Waals surface area contributed by atoms with Crippen LogP contribution in [0.2, 0.25) is 0 Å². The molecule has 0 bridgehead atoms. The highest BCUT2D eigenvalue weighted by Gasteiger charge is 2.32. The third-order valence-corrected chi connectivity index (χ3v) is 4.56. The van der Waals surface area contributed by atoms with Crippen molar-refractivity contribution in [3.8, 4) is 0 Å². The summed E-state index contributed by atoms with van der Waals surface area (Å²) in [6.07, 6.45) is 0.215. The number of aryl methyl sites for hydroxylation is 1. The van der Waals surface area contributed by atoms with E-state index in [4.69, 9.17) is 5.84 Å². The minimum Gasteiger partial charge on any atom is -0.271 e. The third-order valence-electron chi connectivity index (χ3n) is 4.56. The van der Waals surface area contributed by atoms with Gasteiger partial charge in [0.2, 0.25) is 0 Å². The summed E-state index contributed by atoms with van der Waals surface area (Å²) in [5.41, 5.74) is 3.75. The largest absolute Gasteiger partial charge is 0.416 e. The molecule has 0 spiro atoms. The molecule has 0 radical (unpaired) electrons. The van der Waals surface area contributed by atoms with Gasteiger partial charge in [-0.2, -0.15) is 13.2 Å². The first-order valence-electron chi connectivity index (χ1n) is 7.46. The Morgan fingerprint density at radius 2 is 2.00 bits per heavy atom. The summed E-state index contributed by atoms with van der Waals surface area (Å²) in [5.74, 6) is 6.73. The first kappa shape index (κ1) is 16.3. The van der Waals surface area contributed by atoms with Gasteiger partial charge in [0.15, 0.2) is 0 Å². The fraction of sp³-hybridized carbons (Fsp3) is 0.625. The SMILES string of the molecule is Cc1cc(C(F)(F)F)ccc1C(NN)C1CCCC(C)C1. The van der Waals surface area contributed by atoms with Crippen molar-refractivity contribution < 1.29 is 13.2 Å². The molecule has 3 atom stereocenters. The van der Waals surface area contributed by atoms with Gasteiger partial charge in [-0.1, -0.05) is 25.8 Å². The summed E-state index contributed by atoms with van der Waals surface area (Å²) in [6.45, 7) is 3.94. The van der Waals surface area contributed by atoms with E-state index in [-0.39, 0.29) is 6.04 Å². The van der Waals surface area contributed by atoms with Crippen molar-refractivity contribution in [3.63, 3.8) is 0 Å². The number of benzene rings is 1. The number of rotatable bonds is 3. The molecule has 0 amide bonds. The van der Waals surface area contributed by atoms with Crippen LogP contribution in [0.1, 0.15) is 55.3 Å². The number of halogens is 3. The van der Waals surface area contributed by atoms with Crippen LogP contribution in [0.15, 0.2) is 18.2 Å². The monoisotopic (exact) mass is 300 g/mol. The van der Waals surface area contributed by atoms with E-state index in [9.17, 15) is 13.2 Å². The van der Waals surface area contributed by atoms with Gasteiger partial charge in [-0.25, -0.2) is 0 Å². The molecule has 0 heterocycles. The molecule has 1 fully saturated rings. The van der Waals surface area contributed by atoms with Crippen molar-refractivity contribution in [1.82, 2.24) is 5.43 Å². The summed E-state index contributed by atoms with van der Waals surface area (Å²) in [7, 11) is 0. The molecule has 0 aliphatic heterocycles. The van der Waals surface area contributed by atoms with Crippen LogP contribution in [0.3, 0.4) is 0 Å². The van der Waals surface area contributed by atoms with Gasteiger partial charge >= 0.3 is 6.18 Å². The maximum atomic E-state index is 12.7. The number of nitrogens with one attached hydrogen (secondary N) is 1. The molecule has 1 aliphatic rings. The number of nitrogens with two attached hydrogens (primary N) is 1. The molecule has 2 nitrogen and oxygen atoms in total. The lowest BCUT2D eigenvalue weighted by Crippen LogP contribution is -2.36. The smallest absolute Gasteiger partial charge is 0.271 e. The molecule has 21 heavy (non-hydrogen) atoms. The van der Waals surface area contributed by atoms with Crippen molar-refractivity contribution in [2.75, 3.05) is 0 Å². The van der Waals surface area contributed by atoms with E-state index in [1.165, 1.54) is 12.5 Å². The second-order valence-corrected chi connectivity index (χ2v) is 6.25. The van der Waals surface area contributed by atoms with E-state index in [2.05, 4.69) is 12.3 Å². The van der Waals surface area contributed by atoms with E-state index in [0.717, 1.165) is 30.9 Å². The van der Waals surface area contributed by atoms with E-state index >= 15 is 0 Å². The van der Waals surface area contributed by atoms with Crippen LogP contribution >= 0.6 is 0 Å². The summed E-state index contributed by atoms with van der Waals surface area (Å²) in [4.78, 5) is 0. The molecule has 0 saturated heterocycles. The second kappa shape index (κ2) is 6.36. The lowest BCUT2D eigenvalue weighted by Gasteiger charge is -2.34. The van der Waals surface area contributed by atoms with Crippen LogP contribution in [0.25, 0.3) is 0 Å². The Morgan fingerprint density at radius 3 is 2.52 bits per heavy atom. The Labute approximate surface area is 123 Å². The Balaban J connectivity index is 2.26. The van der Waals surface area contributed by atoms with Gasteiger partial charge < -0.3 is 0 Å². The molecule has 3 N–H and O–H groups in total. The van der Waals surface area contributed by atoms with Gasteiger partial charge in [0.25, 0.3) is 0 Å². The lowest BCUT2D eigenvalue weighted by atomic mass is 9.76. The zero-order valence-corrected chi connectivity index (χ0v) is 12.5. The number of alkyl halides is 3. The molecule has 118 valence electrons. The number of hydrogen-bond acceptors (Lipinski definition) is 2. The fourth-order valence-electron chi connectivity index (χ4n) is 3.46. The predicted octanol–water partition coefficient (Wildman–Crippen LogP) is 4.34. The summed E-state index contributed by atoms with van der Waals surface area (Å²) < 4.78 is 38.2. The normalized spacial score (nSPS) is 24.9. The Hall–Kier alpha value is -1.07. The van der Waals surface area contributed by atoms with Gasteiger partial charge in [-0.15, -0.1) is 0 Å². The third kappa shape index (κ3) is 3.77. The molecule has 1 aliphatic carbocycles. The summed E-state index contributed by atoms with van der Waals surface area (Å²) in [5, 5.41) is 0. The number of hydrogen-bond donors (Lipinski definition) is 2. The summed E-state index contributed by atoms with van der Waals surface area (Å²) >= 11 is 0. The minimum absolute atomic E-state index is 0.0740. The van der Waals surface area contributed by atoms with Gasteiger partial charge in [-0.3, -0.25) is 11.3 Å². The Kier molecular flexibility index (Phi) is 4.94. The molecule has 2 rings (SSSR count). The fourth-order valence-corrected chi connectivity index (χ4v) is 3.46. The molecule has 0 aromatic heterocycles. The van der Waals surface area contributed by atoms with Gasteiger partial charge in [-0.05, 0) is 54.9 Å². The van der Waals surface area contributed by atoms with Crippen LogP contribution in [-0.2, 0) is 6.18 Å². The zero-order valence-electron chi connectivity index (χ0n) is 12.5. The number of hydrazine groups is 1. The van der Waals surface area contributed by atoms with Crippen molar-refractivity contribution in [1.29, 1.82) is 0 Å². The quantitative estimate of drug-likeness (QED) is 0.643. The molecular weight excluding hydrogens is 277 g/mol. The van der Waals surface area contributed by atoms with E-state index in [1.54, 1.807) is 13.0 Å². The van der Waals surface area contributed by atoms with Crippen molar-refractivity contribution >= 4 is 0 Å². The maximum Gasteiger partial charge on any atom is 0.416 e. The van der Waals surface area contributed by atoms with Gasteiger partial charge in [0, 0.05) is 6.04 Å². The van der Waals surface area contributed by atoms with Crippen molar-refractivity contribution in [3.05, 3.63) is 34.9 Å². The lowest BCUT2D eigenvalue weighted by molar-refractivity contribution is -0.137. The Morgan fingerprint density at radius 1 is 1.29 bits per heavy atom. The van der Waals surface area contributed by atoms with Crippen LogP contribution in [-0.4, -0.2) is 0 Å². The van der Waals surface area contributed by atoms with Crippen LogP contribution in [0.4, 0.5) is 13.2 Å². The molecule has 1 aromatic carbocycles. The van der Waals surface area contributed by atoms with Gasteiger partial charge in [0.1, 0.15) is 0 Å². The van der Waals surface area contributed by atoms with E-state index in [1.807, 2.05) is 0 Å². The standard InChI is InChI=1S/C16H23F3N2/c1-10-4-3-5-12(8-10)15(21-20)14-7-6-13(9-11(14)2)16(17,18)19/h6-7,9-10,12,15,21H,3-5,8,20H2,1-2H3. The first-order chi connectivity index (χ1) is 9.82. The van der Waals surface area contributed by atoms with Crippen LogP contribution < -0.4 is 11.3 Å². The highest BCUT2D eigenvalue weighted by molar-refractivity contribution is 5.35. The van der Waals surface area contributed by atoms with Crippen molar-refractivity contribution in [2.45, 2.75) is 51.7 Å². The Bertz CT molecular complexity index is 485. The highest BCUT2D eigenvalue weighted by atomic mass is 19.4. The molecule has 5 heteroatoms. The first-order valence-corrected chi connectivity index (χ1v) is 7.46. The second-order valence-electron chi connectivity index (χ2n) is 6.25. The zero-order chi connectivity index (χ0) is 15.6. The minimum atomic E-state index is -4.30. The maximum absolute atomic E-state index is 12.7. The molecule has 3 unspecified atom stereocenters. The average molecular weight is 300 g/mol. The van der Waals surface area contributed by atoms with Crippen molar-refractivity contribution in [2.24, 2.45) is 17.7 Å². The van der Waals surface area contributed by atoms with E-state index in [0.29, 0.717) is 17.4 Å². The molecular formula is C16H23F3N2. The highest BCUT2D eigenvalue weighted by Crippen LogP contribution is 2.39. The molecule has 1 saturated carbocycles. The topological polar surface area (TPSA) is 38.0 Å². The molecule has 1 aromatic rings. The van der Waals surface area contributed by atoms with E-state index < -0.39 is 11.7 Å². The summed E-state index contributed by atoms with van der Waals surface area (Å²) in [6, 6.07) is 3.86. The average Bonchev–Trinajstić information content (AvgIpc) is 2.40. The van der Waals surface area contributed by atoms with Crippen LogP contribution in [0, 0.1) is 18.8 Å². The van der Waals surface area contributed by atoms with Gasteiger partial charge in [0.05, 0.1) is 5.56 Å². The van der Waals surface area contributed by atoms with Crippen LogP contribution in [0.5, 0.6) is 0 Å². The predicted molar refractivity (Wildman–Crippen MR) is 77.4 cm³/mol.